The Balaban J connectivity index is 0.759. The first-order valence-corrected chi connectivity index (χ1v) is 20.1. The molecule has 3 saturated heterocycles. The summed E-state index contributed by atoms with van der Waals surface area (Å²) in [4.78, 5) is 69.3. The van der Waals surface area contributed by atoms with Crippen LogP contribution in [-0.4, -0.2) is 98.2 Å². The van der Waals surface area contributed by atoms with Crippen molar-refractivity contribution < 1.29 is 28.3 Å². The summed E-state index contributed by atoms with van der Waals surface area (Å²) in [6.45, 7) is 5.51. The number of nitrogens with one attached hydrogen (secondary N) is 2. The van der Waals surface area contributed by atoms with Crippen LogP contribution in [0.2, 0.25) is 5.02 Å². The quantitative estimate of drug-likeness (QED) is 0.121. The van der Waals surface area contributed by atoms with Gasteiger partial charge in [0.25, 0.3) is 11.8 Å². The molecule has 0 saturated carbocycles. The highest BCUT2D eigenvalue weighted by atomic mass is 35.5. The van der Waals surface area contributed by atoms with E-state index in [1.54, 1.807) is 35.5 Å². The molecule has 15 nitrogen and oxygen atoms in total. The molecule has 4 N–H and O–H groups in total. The number of hydrogen-bond acceptors (Lipinski definition) is 11. The Morgan fingerprint density at radius 3 is 2.61 bits per heavy atom. The van der Waals surface area contributed by atoms with Crippen molar-refractivity contribution in [2.75, 3.05) is 55.3 Å². The summed E-state index contributed by atoms with van der Waals surface area (Å²) in [6, 6.07) is 12.1. The van der Waals surface area contributed by atoms with E-state index in [0.29, 0.717) is 53.1 Å². The third-order valence-electron chi connectivity index (χ3n) is 11.9. The van der Waals surface area contributed by atoms with Crippen molar-refractivity contribution in [2.45, 2.75) is 51.1 Å². The Morgan fingerprint density at radius 1 is 1.02 bits per heavy atom. The lowest BCUT2D eigenvalue weighted by atomic mass is 9.72. The van der Waals surface area contributed by atoms with Crippen LogP contribution in [0.5, 0.6) is 5.75 Å². The number of benzene rings is 2. The number of piperidine rings is 2. The molecular formula is C42H42ClFN10O5. The maximum atomic E-state index is 15.8. The number of nitrogens with two attached hydrogens (primary N) is 1. The van der Waals surface area contributed by atoms with Gasteiger partial charge in [0.05, 0.1) is 6.61 Å². The smallest absolute Gasteiger partial charge is 0.256 e. The highest BCUT2D eigenvalue weighted by molar-refractivity contribution is 6.30. The number of rotatable bonds is 11. The van der Waals surface area contributed by atoms with Gasteiger partial charge in [-0.15, -0.1) is 0 Å². The van der Waals surface area contributed by atoms with Gasteiger partial charge in [-0.05, 0) is 98.2 Å². The van der Waals surface area contributed by atoms with Gasteiger partial charge in [0, 0.05) is 79.4 Å². The normalized spacial score (nSPS) is 18.9. The van der Waals surface area contributed by atoms with Crippen molar-refractivity contribution in [2.24, 2.45) is 5.41 Å². The minimum Gasteiger partial charge on any atom is -0.494 e. The molecule has 1 atom stereocenters. The zero-order chi connectivity index (χ0) is 40.8. The first kappa shape index (κ1) is 38.4. The van der Waals surface area contributed by atoms with E-state index in [0.717, 1.165) is 64.0 Å². The number of amides is 4. The van der Waals surface area contributed by atoms with Crippen LogP contribution in [-0.2, 0) is 16.1 Å². The van der Waals surface area contributed by atoms with Crippen LogP contribution in [0.4, 0.5) is 22.0 Å². The van der Waals surface area contributed by atoms with Crippen LogP contribution in [0.3, 0.4) is 0 Å². The Kier molecular flexibility index (Phi) is 10.1. The number of fused-ring (bicyclic) bond motifs is 2. The minimum atomic E-state index is -0.639. The van der Waals surface area contributed by atoms with Gasteiger partial charge < -0.3 is 30.5 Å². The summed E-state index contributed by atoms with van der Waals surface area (Å²) in [5.41, 5.74) is 9.18. The molecule has 5 aromatic rings. The highest BCUT2D eigenvalue weighted by Gasteiger charge is 2.45. The van der Waals surface area contributed by atoms with Crippen molar-refractivity contribution in [3.63, 3.8) is 0 Å². The molecule has 4 aliphatic heterocycles. The Labute approximate surface area is 343 Å². The second kappa shape index (κ2) is 15.6. The largest absolute Gasteiger partial charge is 0.494 e. The molecule has 0 radical (unpaired) electrons. The molecule has 7 heterocycles. The third kappa shape index (κ3) is 7.53. The number of aromatic nitrogens is 4. The standard InChI is InChI=1S/C42H42ClFN10O5/c43-27-9-12-46-33(21-27)48-38(56)25-3-5-30(31(44)20-25)35-36-37(45)47-13-17-53(36)41(50-35)52-15-10-42(11-16-52)23-51(24-42)14-1-2-18-59-28-4-6-29-26(19-28)22-54(40(29)58)32-7-8-34(55)49-39(32)57/h3-6,9,12-13,17,19-21,32H,1-2,7-8,10-11,14-16,18,22-24H2,(H2,45,47)(H,46,48,56)(H,49,55,57). The molecule has 4 aliphatic rings. The summed E-state index contributed by atoms with van der Waals surface area (Å²) in [6.07, 6.45) is 9.31. The van der Waals surface area contributed by atoms with Crippen molar-refractivity contribution in [1.82, 2.24) is 34.5 Å². The van der Waals surface area contributed by atoms with Gasteiger partial charge in [-0.1, -0.05) is 11.6 Å². The lowest BCUT2D eigenvalue weighted by Gasteiger charge is -2.54. The summed E-state index contributed by atoms with van der Waals surface area (Å²) >= 11 is 6.01. The van der Waals surface area contributed by atoms with Gasteiger partial charge in [-0.3, -0.25) is 28.9 Å². The molecule has 304 valence electrons. The van der Waals surface area contributed by atoms with E-state index in [-0.39, 0.29) is 46.4 Å². The topological polar surface area (TPSA) is 180 Å². The molecule has 3 aromatic heterocycles. The van der Waals surface area contributed by atoms with E-state index in [9.17, 15) is 19.2 Å². The number of anilines is 3. The fourth-order valence-electron chi connectivity index (χ4n) is 8.79. The number of nitrogens with zero attached hydrogens (tertiary/aromatic N) is 7. The number of likely N-dealkylation sites (tertiary alicyclic amines) is 1. The molecule has 3 fully saturated rings. The molecule has 1 spiro atoms. The number of unbranched alkanes of at least 4 members (excludes halogenated alkanes) is 1. The summed E-state index contributed by atoms with van der Waals surface area (Å²) in [5.74, 6) is -0.210. The number of carbonyl (C=O) groups excluding carboxylic acids is 4. The zero-order valence-electron chi connectivity index (χ0n) is 32.1. The van der Waals surface area contributed by atoms with Crippen molar-refractivity contribution >= 4 is 58.3 Å². The number of imidazole rings is 1. The maximum Gasteiger partial charge on any atom is 0.256 e. The van der Waals surface area contributed by atoms with Crippen LogP contribution >= 0.6 is 11.6 Å². The van der Waals surface area contributed by atoms with Crippen molar-refractivity contribution in [3.05, 3.63) is 94.7 Å². The predicted octanol–water partition coefficient (Wildman–Crippen LogP) is 4.94. The lowest BCUT2D eigenvalue weighted by Crippen LogP contribution is -2.60. The van der Waals surface area contributed by atoms with Crippen molar-refractivity contribution in [3.8, 4) is 17.0 Å². The number of hydrogen-bond donors (Lipinski definition) is 3. The molecule has 2 aromatic carbocycles. The molecule has 4 amide bonds. The van der Waals surface area contributed by atoms with Crippen molar-refractivity contribution in [1.29, 1.82) is 0 Å². The number of imide groups is 1. The van der Waals surface area contributed by atoms with Crippen LogP contribution in [0.25, 0.3) is 16.8 Å². The molecular weight excluding hydrogens is 779 g/mol. The molecule has 1 unspecified atom stereocenters. The predicted molar refractivity (Wildman–Crippen MR) is 218 cm³/mol. The Hall–Kier alpha value is -6.13. The number of halogens is 2. The third-order valence-corrected chi connectivity index (χ3v) is 12.1. The van der Waals surface area contributed by atoms with E-state index >= 15 is 4.39 Å². The second-order valence-electron chi connectivity index (χ2n) is 15.8. The molecule has 0 bridgehead atoms. The van der Waals surface area contributed by atoms with Gasteiger partial charge in [0.1, 0.15) is 40.5 Å². The van der Waals surface area contributed by atoms with Gasteiger partial charge in [0.2, 0.25) is 17.8 Å². The van der Waals surface area contributed by atoms with Gasteiger partial charge in [-0.25, -0.2) is 19.3 Å². The number of ether oxygens (including phenoxy) is 1. The lowest BCUT2D eigenvalue weighted by molar-refractivity contribution is -0.136. The van der Waals surface area contributed by atoms with E-state index in [1.165, 1.54) is 30.5 Å². The van der Waals surface area contributed by atoms with Crippen LogP contribution in [0.15, 0.2) is 67.1 Å². The first-order chi connectivity index (χ1) is 28.5. The summed E-state index contributed by atoms with van der Waals surface area (Å²) < 4.78 is 23.7. The number of carbonyl (C=O) groups is 4. The summed E-state index contributed by atoms with van der Waals surface area (Å²) in [5, 5.41) is 5.39. The molecule has 17 heteroatoms. The maximum absolute atomic E-state index is 15.8. The van der Waals surface area contributed by atoms with Crippen LogP contribution < -0.4 is 26.0 Å². The Bertz CT molecular complexity index is 2500. The number of pyridine rings is 1. The second-order valence-corrected chi connectivity index (χ2v) is 16.2. The summed E-state index contributed by atoms with van der Waals surface area (Å²) in [7, 11) is 0. The molecule has 59 heavy (non-hydrogen) atoms. The van der Waals surface area contributed by atoms with Crippen LogP contribution in [0, 0.1) is 11.2 Å². The highest BCUT2D eigenvalue weighted by Crippen LogP contribution is 2.42. The SMILES string of the molecule is Nc1nccn2c(N3CCC4(CC3)CN(CCCCOc3ccc5c(c3)CN(C3CCC(=O)NC3=O)C5=O)C4)nc(-c3ccc(C(=O)Nc4cc(Cl)ccn4)cc3F)c12. The molecule has 9 rings (SSSR count). The fraction of sp³-hybridized carbons (Fsp3) is 0.357. The first-order valence-electron chi connectivity index (χ1n) is 19.8. The molecule has 0 aliphatic carbocycles. The minimum absolute atomic E-state index is 0.115. The number of nitrogen functional groups attached to an aromatic ring is 1. The average molecular weight is 821 g/mol. The monoisotopic (exact) mass is 820 g/mol. The van der Waals surface area contributed by atoms with E-state index in [1.807, 2.05) is 10.5 Å². The van der Waals surface area contributed by atoms with E-state index in [2.05, 4.69) is 30.4 Å². The van der Waals surface area contributed by atoms with E-state index < -0.39 is 23.7 Å². The van der Waals surface area contributed by atoms with Gasteiger partial charge in [0.15, 0.2) is 0 Å². The fourth-order valence-corrected chi connectivity index (χ4v) is 8.95. The Morgan fingerprint density at radius 2 is 1.83 bits per heavy atom. The average Bonchev–Trinajstić information content (AvgIpc) is 3.75. The zero-order valence-corrected chi connectivity index (χ0v) is 32.9. The van der Waals surface area contributed by atoms with E-state index in [4.69, 9.17) is 27.1 Å². The van der Waals surface area contributed by atoms with Gasteiger partial charge >= 0.3 is 0 Å². The van der Waals surface area contributed by atoms with Crippen LogP contribution in [0.1, 0.15) is 64.8 Å². The van der Waals surface area contributed by atoms with Gasteiger partial charge in [-0.2, -0.15) is 0 Å².